The van der Waals surface area contributed by atoms with E-state index >= 15 is 0 Å². The number of rotatable bonds is 9. The van der Waals surface area contributed by atoms with Crippen molar-refractivity contribution in [1.82, 2.24) is 9.44 Å². The second kappa shape index (κ2) is 7.32. The minimum Gasteiger partial charge on any atom is -0.329 e. The summed E-state index contributed by atoms with van der Waals surface area (Å²) in [5, 5.41) is 0. The Hall–Kier alpha value is -1.00. The van der Waals surface area contributed by atoms with Crippen LogP contribution >= 0.6 is 0 Å². The standard InChI is InChI=1S/C16H27N3O4S2/c1-12(2)10-16(3,11-17)19-25(22,23)15-8-6-14(7-9-15)24(20,21)18-13-4-5-13/h6-9,12-13,18-19H,4-5,10-11,17H2,1-3H3. The van der Waals surface area contributed by atoms with Crippen LogP contribution in [0.4, 0.5) is 0 Å². The predicted octanol–water partition coefficient (Wildman–Crippen LogP) is 1.17. The molecule has 0 aromatic heterocycles. The third-order valence-electron chi connectivity index (χ3n) is 4.03. The fourth-order valence-corrected chi connectivity index (χ4v) is 5.47. The molecule has 0 aliphatic heterocycles. The lowest BCUT2D eigenvalue weighted by molar-refractivity contribution is 0.344. The van der Waals surface area contributed by atoms with Crippen LogP contribution in [0.25, 0.3) is 0 Å². The highest BCUT2D eigenvalue weighted by molar-refractivity contribution is 7.90. The normalized spacial score (nSPS) is 18.3. The number of sulfonamides is 2. The van der Waals surface area contributed by atoms with Gasteiger partial charge in [0.2, 0.25) is 20.0 Å². The molecule has 9 heteroatoms. The summed E-state index contributed by atoms with van der Waals surface area (Å²) < 4.78 is 54.7. The van der Waals surface area contributed by atoms with Gasteiger partial charge in [0.1, 0.15) is 0 Å². The van der Waals surface area contributed by atoms with Crippen LogP contribution in [0.15, 0.2) is 34.1 Å². The maximum Gasteiger partial charge on any atom is 0.241 e. The fraction of sp³-hybridized carbons (Fsp3) is 0.625. The Labute approximate surface area is 150 Å². The van der Waals surface area contributed by atoms with Crippen molar-refractivity contribution in [1.29, 1.82) is 0 Å². The summed E-state index contributed by atoms with van der Waals surface area (Å²) in [5.74, 6) is 0.275. The molecule has 0 spiro atoms. The van der Waals surface area contributed by atoms with Gasteiger partial charge in [-0.15, -0.1) is 0 Å². The average Bonchev–Trinajstić information content (AvgIpc) is 3.29. The maximum absolute atomic E-state index is 12.6. The Morgan fingerprint density at radius 1 is 1.08 bits per heavy atom. The molecule has 4 N–H and O–H groups in total. The van der Waals surface area contributed by atoms with Crippen molar-refractivity contribution in [2.75, 3.05) is 6.54 Å². The van der Waals surface area contributed by atoms with Gasteiger partial charge in [-0.3, -0.25) is 0 Å². The van der Waals surface area contributed by atoms with Crippen molar-refractivity contribution in [2.45, 2.75) is 61.4 Å². The molecule has 1 aromatic carbocycles. The van der Waals surface area contributed by atoms with E-state index in [1.54, 1.807) is 6.92 Å². The molecule has 2 rings (SSSR count). The summed E-state index contributed by atoms with van der Waals surface area (Å²) in [6.07, 6.45) is 2.27. The molecule has 142 valence electrons. The Morgan fingerprint density at radius 2 is 1.56 bits per heavy atom. The van der Waals surface area contributed by atoms with E-state index < -0.39 is 25.6 Å². The van der Waals surface area contributed by atoms with Crippen LogP contribution in [0.3, 0.4) is 0 Å². The first-order chi connectivity index (χ1) is 11.5. The summed E-state index contributed by atoms with van der Waals surface area (Å²) in [4.78, 5) is 0.0726. The monoisotopic (exact) mass is 389 g/mol. The van der Waals surface area contributed by atoms with Crippen LogP contribution < -0.4 is 15.2 Å². The molecule has 1 atom stereocenters. The first-order valence-corrected chi connectivity index (χ1v) is 11.3. The van der Waals surface area contributed by atoms with Crippen molar-refractivity contribution in [3.05, 3.63) is 24.3 Å². The van der Waals surface area contributed by atoms with Crippen molar-refractivity contribution in [3.63, 3.8) is 0 Å². The van der Waals surface area contributed by atoms with Gasteiger partial charge < -0.3 is 5.73 Å². The Balaban J connectivity index is 2.19. The van der Waals surface area contributed by atoms with E-state index in [0.29, 0.717) is 6.42 Å². The van der Waals surface area contributed by atoms with Crippen LogP contribution in [-0.4, -0.2) is 35.0 Å². The van der Waals surface area contributed by atoms with Gasteiger partial charge in [0.15, 0.2) is 0 Å². The van der Waals surface area contributed by atoms with Crippen LogP contribution in [0.5, 0.6) is 0 Å². The summed E-state index contributed by atoms with van der Waals surface area (Å²) in [7, 11) is -7.39. The van der Waals surface area contributed by atoms with Gasteiger partial charge >= 0.3 is 0 Å². The first-order valence-electron chi connectivity index (χ1n) is 8.34. The SMILES string of the molecule is CC(C)CC(C)(CN)NS(=O)(=O)c1ccc(S(=O)(=O)NC2CC2)cc1. The van der Waals surface area contributed by atoms with Gasteiger partial charge in [-0.05, 0) is 56.4 Å². The zero-order valence-corrected chi connectivity index (χ0v) is 16.5. The van der Waals surface area contributed by atoms with Gasteiger partial charge in [-0.25, -0.2) is 26.3 Å². The number of nitrogens with two attached hydrogens (primary N) is 1. The van der Waals surface area contributed by atoms with E-state index in [9.17, 15) is 16.8 Å². The summed E-state index contributed by atoms with van der Waals surface area (Å²) in [5.41, 5.74) is 5.00. The molecular weight excluding hydrogens is 362 g/mol. The van der Waals surface area contributed by atoms with Gasteiger partial charge in [0, 0.05) is 18.1 Å². The van der Waals surface area contributed by atoms with E-state index in [0.717, 1.165) is 12.8 Å². The third kappa shape index (κ3) is 5.49. The lowest BCUT2D eigenvalue weighted by Gasteiger charge is -2.30. The second-order valence-electron chi connectivity index (χ2n) is 7.34. The molecule has 0 amide bonds. The molecule has 1 aliphatic rings. The molecule has 1 fully saturated rings. The van der Waals surface area contributed by atoms with Gasteiger partial charge in [-0.1, -0.05) is 13.8 Å². The average molecular weight is 390 g/mol. The predicted molar refractivity (Wildman–Crippen MR) is 97.0 cm³/mol. The van der Waals surface area contributed by atoms with E-state index in [2.05, 4.69) is 9.44 Å². The van der Waals surface area contributed by atoms with Crippen molar-refractivity contribution in [2.24, 2.45) is 11.7 Å². The van der Waals surface area contributed by atoms with Gasteiger partial charge in [0.05, 0.1) is 9.79 Å². The summed E-state index contributed by atoms with van der Waals surface area (Å²) >= 11 is 0. The van der Waals surface area contributed by atoms with Crippen molar-refractivity contribution < 1.29 is 16.8 Å². The highest BCUT2D eigenvalue weighted by Crippen LogP contribution is 2.23. The minimum atomic E-state index is -3.79. The number of benzene rings is 1. The number of hydrogen-bond acceptors (Lipinski definition) is 5. The van der Waals surface area contributed by atoms with Gasteiger partial charge in [-0.2, -0.15) is 0 Å². The van der Waals surface area contributed by atoms with E-state index in [-0.39, 0.29) is 28.3 Å². The smallest absolute Gasteiger partial charge is 0.241 e. The van der Waals surface area contributed by atoms with Gasteiger partial charge in [0.25, 0.3) is 0 Å². The Kier molecular flexibility index (Phi) is 5.95. The zero-order chi connectivity index (χ0) is 18.9. The highest BCUT2D eigenvalue weighted by Gasteiger charge is 2.31. The molecule has 0 radical (unpaired) electrons. The molecule has 0 saturated heterocycles. The van der Waals surface area contributed by atoms with Crippen LogP contribution in [0, 0.1) is 5.92 Å². The second-order valence-corrected chi connectivity index (χ2v) is 10.7. The Morgan fingerprint density at radius 3 is 1.96 bits per heavy atom. The number of nitrogens with one attached hydrogen (secondary N) is 2. The topological polar surface area (TPSA) is 118 Å². The lowest BCUT2D eigenvalue weighted by Crippen LogP contribution is -2.51. The molecule has 1 saturated carbocycles. The molecule has 25 heavy (non-hydrogen) atoms. The number of hydrogen-bond donors (Lipinski definition) is 3. The molecule has 7 nitrogen and oxygen atoms in total. The molecule has 1 unspecified atom stereocenters. The van der Waals surface area contributed by atoms with E-state index in [1.807, 2.05) is 13.8 Å². The van der Waals surface area contributed by atoms with Crippen LogP contribution in [-0.2, 0) is 20.0 Å². The minimum absolute atomic E-state index is 0.00336. The summed E-state index contributed by atoms with van der Waals surface area (Å²) in [6, 6.07) is 5.21. The van der Waals surface area contributed by atoms with E-state index in [1.165, 1.54) is 24.3 Å². The fourth-order valence-electron chi connectivity index (χ4n) is 2.74. The zero-order valence-electron chi connectivity index (χ0n) is 14.8. The van der Waals surface area contributed by atoms with Crippen molar-refractivity contribution in [3.8, 4) is 0 Å². The molecule has 1 aromatic rings. The summed E-state index contributed by atoms with van der Waals surface area (Å²) in [6.45, 7) is 5.93. The van der Waals surface area contributed by atoms with Crippen LogP contribution in [0.1, 0.15) is 40.0 Å². The molecular formula is C16H27N3O4S2. The van der Waals surface area contributed by atoms with Crippen molar-refractivity contribution >= 4 is 20.0 Å². The molecule has 0 bridgehead atoms. The van der Waals surface area contributed by atoms with Crippen LogP contribution in [0.2, 0.25) is 0 Å². The Bertz CT molecular complexity index is 800. The quantitative estimate of drug-likeness (QED) is 0.586. The third-order valence-corrected chi connectivity index (χ3v) is 7.22. The molecule has 1 aliphatic carbocycles. The molecule has 0 heterocycles. The van der Waals surface area contributed by atoms with E-state index in [4.69, 9.17) is 5.73 Å². The highest BCUT2D eigenvalue weighted by atomic mass is 32.2. The first kappa shape index (κ1) is 20.3. The maximum atomic E-state index is 12.6. The largest absolute Gasteiger partial charge is 0.329 e. The lowest BCUT2D eigenvalue weighted by atomic mass is 9.92.